The topological polar surface area (TPSA) is 96.6 Å². The Hall–Kier alpha value is -3.57. The van der Waals surface area contributed by atoms with Crippen molar-refractivity contribution in [3.05, 3.63) is 65.0 Å². The number of nitrogens with zero attached hydrogens (tertiary/aromatic N) is 1. The average Bonchev–Trinajstić information content (AvgIpc) is 3.02. The zero-order valence-corrected chi connectivity index (χ0v) is 21.7. The number of benzene rings is 2. The maximum absolute atomic E-state index is 14.1. The Bertz CT molecular complexity index is 1290. The normalized spacial score (nSPS) is 20.2. The Morgan fingerprint density at radius 1 is 1.15 bits per heavy atom. The number of aryl methyl sites for hydroxylation is 1. The van der Waals surface area contributed by atoms with Gasteiger partial charge in [0.2, 0.25) is 17.7 Å². The smallest absolute Gasteiger partial charge is 0.380 e. The average molecular weight is 569 g/mol. The van der Waals surface area contributed by atoms with Crippen molar-refractivity contribution in [2.45, 2.75) is 57.3 Å². The number of hydrogen-bond donors (Lipinski definition) is 3. The molecule has 0 saturated heterocycles. The highest BCUT2D eigenvalue weighted by Crippen LogP contribution is 2.46. The number of para-hydroxylation sites is 1. The summed E-state index contributed by atoms with van der Waals surface area (Å²) in [6.45, 7) is 1.90. The lowest BCUT2D eigenvalue weighted by atomic mass is 9.72. The molecule has 0 spiro atoms. The van der Waals surface area contributed by atoms with Gasteiger partial charge < -0.3 is 16.4 Å². The molecule has 1 aliphatic carbocycles. The predicted molar refractivity (Wildman–Crippen MR) is 137 cm³/mol. The molecule has 0 bridgehead atoms. The van der Waals surface area contributed by atoms with Crippen LogP contribution in [0.25, 0.3) is 0 Å². The minimum atomic E-state index is -4.62. The molecule has 0 unspecified atom stereocenters. The number of benzodiazepines with no additional fused rings is 1. The van der Waals surface area contributed by atoms with Gasteiger partial charge in [-0.2, -0.15) is 13.2 Å². The van der Waals surface area contributed by atoms with E-state index in [1.54, 1.807) is 18.2 Å². The van der Waals surface area contributed by atoms with Crippen molar-refractivity contribution in [2.75, 3.05) is 11.9 Å². The number of hydrogen-bond acceptors (Lipinski definition) is 4. The summed E-state index contributed by atoms with van der Waals surface area (Å²) in [5, 5.41) is 5.81. The number of carbonyl (C=O) groups excluding carboxylic acids is 2. The van der Waals surface area contributed by atoms with Crippen molar-refractivity contribution in [3.8, 4) is 0 Å². The van der Waals surface area contributed by atoms with Gasteiger partial charge in [0.15, 0.2) is 0 Å². The van der Waals surface area contributed by atoms with Crippen LogP contribution in [0.5, 0.6) is 0 Å². The summed E-state index contributed by atoms with van der Waals surface area (Å²) in [7, 11) is 0. The SMILES string of the molecule is Cc1cccc2c1NC[C@@H](NC(=O)[C@H](CCC(F)(F)F)[C@H](CC1CC(F)(F)C1)C(N)=O)N=C2c1cccc(F)c1. The standard InChI is InChI=1S/C28H30F6N4O2/c1-15-4-2-7-20-23(15)36-14-22(37-24(20)17-5-3-6-18(29)11-17)38-26(40)19(8-9-28(32,33)34)21(25(35)39)10-16-12-27(30,31)13-16/h2-7,11,16,19,21-22,36H,8-10,12-14H2,1H3,(H2,35,39)(H,38,40)/t19-,21+,22-/m1/s1. The molecule has 2 aliphatic rings. The predicted octanol–water partition coefficient (Wildman–Crippen LogP) is 5.33. The second-order valence-corrected chi connectivity index (χ2v) is 10.5. The van der Waals surface area contributed by atoms with Crippen molar-refractivity contribution in [1.82, 2.24) is 5.32 Å². The minimum absolute atomic E-state index is 0.0461. The maximum Gasteiger partial charge on any atom is 0.389 e. The first-order valence-corrected chi connectivity index (χ1v) is 12.9. The van der Waals surface area contributed by atoms with Crippen LogP contribution in [0.1, 0.15) is 48.8 Å². The van der Waals surface area contributed by atoms with Crippen LogP contribution in [0.3, 0.4) is 0 Å². The Balaban J connectivity index is 1.63. The van der Waals surface area contributed by atoms with E-state index in [2.05, 4.69) is 15.6 Å². The van der Waals surface area contributed by atoms with E-state index < -0.39 is 79.3 Å². The largest absolute Gasteiger partial charge is 0.389 e. The van der Waals surface area contributed by atoms with Crippen molar-refractivity contribution < 1.29 is 35.9 Å². The van der Waals surface area contributed by atoms with E-state index in [0.29, 0.717) is 22.5 Å². The van der Waals surface area contributed by atoms with Crippen LogP contribution >= 0.6 is 0 Å². The van der Waals surface area contributed by atoms with Gasteiger partial charge in [-0.15, -0.1) is 0 Å². The van der Waals surface area contributed by atoms with Crippen LogP contribution in [-0.2, 0) is 9.59 Å². The van der Waals surface area contributed by atoms with Crippen LogP contribution in [-0.4, -0.2) is 42.3 Å². The minimum Gasteiger partial charge on any atom is -0.380 e. The zero-order valence-electron chi connectivity index (χ0n) is 21.7. The highest BCUT2D eigenvalue weighted by Gasteiger charge is 2.48. The van der Waals surface area contributed by atoms with Crippen LogP contribution < -0.4 is 16.4 Å². The number of anilines is 1. The molecule has 3 atom stereocenters. The van der Waals surface area contributed by atoms with Crippen molar-refractivity contribution in [1.29, 1.82) is 0 Å². The van der Waals surface area contributed by atoms with Crippen LogP contribution in [0, 0.1) is 30.5 Å². The molecule has 12 heteroatoms. The molecule has 216 valence electrons. The molecule has 1 heterocycles. The number of nitrogens with one attached hydrogen (secondary N) is 2. The third kappa shape index (κ3) is 7.14. The van der Waals surface area contributed by atoms with Gasteiger partial charge in [-0.3, -0.25) is 14.6 Å². The van der Waals surface area contributed by atoms with E-state index in [-0.39, 0.29) is 13.0 Å². The lowest BCUT2D eigenvalue weighted by Crippen LogP contribution is -2.47. The molecule has 0 aromatic heterocycles. The molecule has 40 heavy (non-hydrogen) atoms. The highest BCUT2D eigenvalue weighted by atomic mass is 19.4. The molecule has 2 aromatic carbocycles. The Morgan fingerprint density at radius 3 is 2.48 bits per heavy atom. The van der Waals surface area contributed by atoms with Gasteiger partial charge in [0.25, 0.3) is 0 Å². The molecule has 1 saturated carbocycles. The van der Waals surface area contributed by atoms with Gasteiger partial charge >= 0.3 is 6.18 Å². The van der Waals surface area contributed by atoms with Gasteiger partial charge in [0.1, 0.15) is 12.0 Å². The number of primary amides is 1. The van der Waals surface area contributed by atoms with Gasteiger partial charge in [-0.25, -0.2) is 13.2 Å². The number of amides is 2. The Kier molecular flexibility index (Phi) is 8.46. The van der Waals surface area contributed by atoms with Gasteiger partial charge in [-0.1, -0.05) is 30.3 Å². The Labute approximate surface area is 227 Å². The van der Waals surface area contributed by atoms with Crippen LogP contribution in [0.2, 0.25) is 0 Å². The summed E-state index contributed by atoms with van der Waals surface area (Å²) in [6.07, 6.45) is -8.98. The van der Waals surface area contributed by atoms with Crippen molar-refractivity contribution in [3.63, 3.8) is 0 Å². The summed E-state index contributed by atoms with van der Waals surface area (Å²) in [5.41, 5.74) is 8.44. The molecular weight excluding hydrogens is 538 g/mol. The number of aliphatic imine (C=N–C) groups is 1. The first-order valence-electron chi connectivity index (χ1n) is 12.9. The fourth-order valence-corrected chi connectivity index (χ4v) is 5.41. The summed E-state index contributed by atoms with van der Waals surface area (Å²) in [4.78, 5) is 30.4. The molecule has 4 N–H and O–H groups in total. The van der Waals surface area contributed by atoms with E-state index in [1.807, 2.05) is 13.0 Å². The fraction of sp³-hybridized carbons (Fsp3) is 0.464. The van der Waals surface area contributed by atoms with Crippen molar-refractivity contribution >= 4 is 23.2 Å². The second kappa shape index (κ2) is 11.5. The summed E-state index contributed by atoms with van der Waals surface area (Å²) >= 11 is 0. The summed E-state index contributed by atoms with van der Waals surface area (Å²) in [5.74, 6) is -8.84. The lowest BCUT2D eigenvalue weighted by molar-refractivity contribution is -0.149. The van der Waals surface area contributed by atoms with E-state index >= 15 is 0 Å². The number of nitrogens with two attached hydrogens (primary N) is 1. The molecule has 0 radical (unpaired) electrons. The molecular formula is C28H30F6N4O2. The third-order valence-electron chi connectivity index (χ3n) is 7.38. The number of carbonyl (C=O) groups is 2. The zero-order chi connectivity index (χ0) is 29.2. The lowest BCUT2D eigenvalue weighted by Gasteiger charge is -2.38. The van der Waals surface area contributed by atoms with E-state index in [1.165, 1.54) is 18.2 Å². The maximum atomic E-state index is 14.1. The van der Waals surface area contributed by atoms with Gasteiger partial charge in [0, 0.05) is 47.9 Å². The van der Waals surface area contributed by atoms with Crippen LogP contribution in [0.4, 0.5) is 32.0 Å². The van der Waals surface area contributed by atoms with Gasteiger partial charge in [0.05, 0.1) is 12.3 Å². The summed E-state index contributed by atoms with van der Waals surface area (Å²) < 4.78 is 80.4. The van der Waals surface area contributed by atoms with E-state index in [9.17, 15) is 35.9 Å². The van der Waals surface area contributed by atoms with E-state index in [0.717, 1.165) is 5.56 Å². The number of fused-ring (bicyclic) bond motifs is 1. The second-order valence-electron chi connectivity index (χ2n) is 10.5. The number of rotatable bonds is 9. The van der Waals surface area contributed by atoms with Crippen LogP contribution in [0.15, 0.2) is 47.5 Å². The molecule has 2 amide bonds. The van der Waals surface area contributed by atoms with Crippen molar-refractivity contribution in [2.24, 2.45) is 28.5 Å². The molecule has 4 rings (SSSR count). The molecule has 1 fully saturated rings. The molecule has 1 aliphatic heterocycles. The Morgan fingerprint density at radius 2 is 1.85 bits per heavy atom. The monoisotopic (exact) mass is 568 g/mol. The first kappa shape index (κ1) is 29.4. The summed E-state index contributed by atoms with van der Waals surface area (Å²) in [6, 6.07) is 11.1. The first-order chi connectivity index (χ1) is 18.7. The third-order valence-corrected chi connectivity index (χ3v) is 7.38. The number of halogens is 6. The fourth-order valence-electron chi connectivity index (χ4n) is 5.41. The van der Waals surface area contributed by atoms with Gasteiger partial charge in [-0.05, 0) is 43.4 Å². The highest BCUT2D eigenvalue weighted by molar-refractivity contribution is 6.16. The number of alkyl halides is 5. The molecule has 2 aromatic rings. The van der Waals surface area contributed by atoms with E-state index in [4.69, 9.17) is 5.73 Å². The molecule has 6 nitrogen and oxygen atoms in total. The quantitative estimate of drug-likeness (QED) is 0.357.